The van der Waals surface area contributed by atoms with E-state index in [1.807, 2.05) is 42.7 Å². The summed E-state index contributed by atoms with van der Waals surface area (Å²) >= 11 is 0. The first-order valence-electron chi connectivity index (χ1n) is 6.76. The van der Waals surface area contributed by atoms with Gasteiger partial charge in [-0.1, -0.05) is 30.3 Å². The van der Waals surface area contributed by atoms with Gasteiger partial charge in [0.25, 0.3) is 0 Å². The van der Waals surface area contributed by atoms with E-state index in [9.17, 15) is 4.79 Å². The van der Waals surface area contributed by atoms with E-state index in [0.717, 1.165) is 25.9 Å². The summed E-state index contributed by atoms with van der Waals surface area (Å²) in [7, 11) is 0. The Morgan fingerprint density at radius 3 is 2.53 bits per heavy atom. The molecule has 1 N–H and O–H groups in total. The summed E-state index contributed by atoms with van der Waals surface area (Å²) in [5.74, 6) is 0.136. The monoisotopic (exact) mass is 256 g/mol. The molecule has 19 heavy (non-hydrogen) atoms. The summed E-state index contributed by atoms with van der Waals surface area (Å²) in [5, 5.41) is 2.96. The van der Waals surface area contributed by atoms with E-state index in [2.05, 4.69) is 22.0 Å². The van der Waals surface area contributed by atoms with Crippen LogP contribution in [0, 0.1) is 0 Å². The van der Waals surface area contributed by atoms with Gasteiger partial charge in [-0.3, -0.25) is 4.79 Å². The fourth-order valence-corrected chi connectivity index (χ4v) is 2.00. The van der Waals surface area contributed by atoms with Gasteiger partial charge in [-0.25, -0.2) is 0 Å². The van der Waals surface area contributed by atoms with Crippen molar-refractivity contribution in [3.05, 3.63) is 60.4 Å². The second-order valence-electron chi connectivity index (χ2n) is 4.61. The maximum Gasteiger partial charge on any atom is 0.220 e. The third kappa shape index (κ3) is 5.00. The lowest BCUT2D eigenvalue weighted by Gasteiger charge is -2.06. The Morgan fingerprint density at radius 2 is 1.79 bits per heavy atom. The molecule has 1 amide bonds. The average molecular weight is 256 g/mol. The van der Waals surface area contributed by atoms with Crippen LogP contribution in [0.25, 0.3) is 0 Å². The van der Waals surface area contributed by atoms with Gasteiger partial charge in [0.05, 0.1) is 0 Å². The van der Waals surface area contributed by atoms with Crippen molar-refractivity contribution in [3.63, 3.8) is 0 Å². The summed E-state index contributed by atoms with van der Waals surface area (Å²) in [6, 6.07) is 14.1. The van der Waals surface area contributed by atoms with E-state index in [1.165, 1.54) is 5.56 Å². The predicted octanol–water partition coefficient (Wildman–Crippen LogP) is 2.63. The minimum atomic E-state index is 0.136. The van der Waals surface area contributed by atoms with Gasteiger partial charge in [-0.2, -0.15) is 0 Å². The number of aromatic nitrogens is 1. The number of carbonyl (C=O) groups is 1. The van der Waals surface area contributed by atoms with Gasteiger partial charge in [0.15, 0.2) is 0 Å². The molecule has 0 aliphatic carbocycles. The minimum Gasteiger partial charge on any atom is -0.356 e. The van der Waals surface area contributed by atoms with Gasteiger partial charge in [-0.05, 0) is 30.5 Å². The second-order valence-corrected chi connectivity index (χ2v) is 4.61. The molecular formula is C16H20N2O. The molecule has 0 spiro atoms. The smallest absolute Gasteiger partial charge is 0.220 e. The topological polar surface area (TPSA) is 34.0 Å². The van der Waals surface area contributed by atoms with Crippen LogP contribution in [-0.2, 0) is 17.8 Å². The standard InChI is InChI=1S/C16H20N2O/c19-16(10-9-15-7-2-1-3-8-15)17-11-6-14-18-12-4-5-13-18/h1-5,7-8,12-13H,6,9-11,14H2,(H,17,19). The number of carbonyl (C=O) groups excluding carboxylic acids is 1. The van der Waals surface area contributed by atoms with Crippen molar-refractivity contribution in [1.82, 2.24) is 9.88 Å². The average Bonchev–Trinajstić information content (AvgIpc) is 2.96. The lowest BCUT2D eigenvalue weighted by atomic mass is 10.1. The molecule has 0 bridgehead atoms. The highest BCUT2D eigenvalue weighted by atomic mass is 16.1. The lowest BCUT2D eigenvalue weighted by Crippen LogP contribution is -2.25. The summed E-state index contributed by atoms with van der Waals surface area (Å²) in [6.07, 6.45) is 6.41. The molecule has 0 saturated heterocycles. The summed E-state index contributed by atoms with van der Waals surface area (Å²) in [4.78, 5) is 11.7. The second kappa shape index (κ2) is 7.41. The largest absolute Gasteiger partial charge is 0.356 e. The molecule has 0 atom stereocenters. The zero-order valence-electron chi connectivity index (χ0n) is 11.1. The molecule has 0 radical (unpaired) electrons. The molecule has 0 aliphatic heterocycles. The first-order chi connectivity index (χ1) is 9.34. The van der Waals surface area contributed by atoms with Crippen LogP contribution < -0.4 is 5.32 Å². The molecule has 3 nitrogen and oxygen atoms in total. The van der Waals surface area contributed by atoms with Crippen molar-refractivity contribution in [2.75, 3.05) is 6.54 Å². The van der Waals surface area contributed by atoms with Crippen molar-refractivity contribution in [3.8, 4) is 0 Å². The first kappa shape index (κ1) is 13.4. The zero-order valence-corrected chi connectivity index (χ0v) is 11.1. The number of nitrogens with one attached hydrogen (secondary N) is 1. The van der Waals surface area contributed by atoms with Gasteiger partial charge < -0.3 is 9.88 Å². The van der Waals surface area contributed by atoms with Crippen molar-refractivity contribution in [2.24, 2.45) is 0 Å². The van der Waals surface area contributed by atoms with Crippen LogP contribution in [0.4, 0.5) is 0 Å². The van der Waals surface area contributed by atoms with Crippen LogP contribution in [0.1, 0.15) is 18.4 Å². The van der Waals surface area contributed by atoms with E-state index >= 15 is 0 Å². The summed E-state index contributed by atoms with van der Waals surface area (Å²) in [5.41, 5.74) is 1.21. The number of hydrogen-bond acceptors (Lipinski definition) is 1. The maximum absolute atomic E-state index is 11.7. The highest BCUT2D eigenvalue weighted by Gasteiger charge is 2.01. The number of rotatable bonds is 7. The molecule has 1 aromatic heterocycles. The van der Waals surface area contributed by atoms with Gasteiger partial charge in [0, 0.05) is 31.9 Å². The zero-order chi connectivity index (χ0) is 13.3. The summed E-state index contributed by atoms with van der Waals surface area (Å²) in [6.45, 7) is 1.69. The quantitative estimate of drug-likeness (QED) is 0.759. The fraction of sp³-hybridized carbons (Fsp3) is 0.312. The Balaban J connectivity index is 1.57. The van der Waals surface area contributed by atoms with Crippen LogP contribution in [0.3, 0.4) is 0 Å². The van der Waals surface area contributed by atoms with Crippen molar-refractivity contribution < 1.29 is 4.79 Å². The Labute approximate surface area is 114 Å². The van der Waals surface area contributed by atoms with Crippen LogP contribution >= 0.6 is 0 Å². The molecule has 0 saturated carbocycles. The first-order valence-corrected chi connectivity index (χ1v) is 6.76. The molecule has 2 aromatic rings. The molecule has 0 aliphatic rings. The molecule has 0 fully saturated rings. The molecular weight excluding hydrogens is 236 g/mol. The van der Waals surface area contributed by atoms with Crippen LogP contribution in [0.15, 0.2) is 54.9 Å². The Morgan fingerprint density at radius 1 is 1.05 bits per heavy atom. The van der Waals surface area contributed by atoms with Gasteiger partial charge >= 0.3 is 0 Å². The number of hydrogen-bond donors (Lipinski definition) is 1. The number of aryl methyl sites for hydroxylation is 2. The number of amides is 1. The van der Waals surface area contributed by atoms with Crippen molar-refractivity contribution in [1.29, 1.82) is 0 Å². The van der Waals surface area contributed by atoms with Crippen LogP contribution in [0.5, 0.6) is 0 Å². The predicted molar refractivity (Wildman–Crippen MR) is 76.8 cm³/mol. The van der Waals surface area contributed by atoms with E-state index in [-0.39, 0.29) is 5.91 Å². The Kier molecular flexibility index (Phi) is 5.23. The lowest BCUT2D eigenvalue weighted by molar-refractivity contribution is -0.121. The maximum atomic E-state index is 11.7. The van der Waals surface area contributed by atoms with Crippen LogP contribution in [-0.4, -0.2) is 17.0 Å². The van der Waals surface area contributed by atoms with Gasteiger partial charge in [0.2, 0.25) is 5.91 Å². The van der Waals surface area contributed by atoms with Gasteiger partial charge in [0.1, 0.15) is 0 Å². The highest BCUT2D eigenvalue weighted by molar-refractivity contribution is 5.76. The summed E-state index contributed by atoms with van der Waals surface area (Å²) < 4.78 is 2.12. The van der Waals surface area contributed by atoms with E-state index in [1.54, 1.807) is 0 Å². The van der Waals surface area contributed by atoms with E-state index < -0.39 is 0 Å². The molecule has 1 heterocycles. The highest BCUT2D eigenvalue weighted by Crippen LogP contribution is 2.02. The molecule has 100 valence electrons. The molecule has 3 heteroatoms. The molecule has 2 rings (SSSR count). The number of benzene rings is 1. The minimum absolute atomic E-state index is 0.136. The normalized spacial score (nSPS) is 10.3. The van der Waals surface area contributed by atoms with Crippen molar-refractivity contribution >= 4 is 5.91 Å². The third-order valence-corrected chi connectivity index (χ3v) is 3.07. The fourth-order valence-electron chi connectivity index (χ4n) is 2.00. The number of nitrogens with zero attached hydrogens (tertiary/aromatic N) is 1. The van der Waals surface area contributed by atoms with Crippen molar-refractivity contribution in [2.45, 2.75) is 25.8 Å². The Bertz CT molecular complexity index is 477. The SMILES string of the molecule is O=C(CCc1ccccc1)NCCCn1cccc1. The third-order valence-electron chi connectivity index (χ3n) is 3.07. The molecule has 1 aromatic carbocycles. The molecule has 0 unspecified atom stereocenters. The van der Waals surface area contributed by atoms with Gasteiger partial charge in [-0.15, -0.1) is 0 Å². The Hall–Kier alpha value is -2.03. The van der Waals surface area contributed by atoms with E-state index in [0.29, 0.717) is 6.42 Å². The van der Waals surface area contributed by atoms with Crippen LogP contribution in [0.2, 0.25) is 0 Å². The van der Waals surface area contributed by atoms with E-state index in [4.69, 9.17) is 0 Å².